The third kappa shape index (κ3) is 13.8. The van der Waals surface area contributed by atoms with Gasteiger partial charge in [-0.3, -0.25) is 4.79 Å². The zero-order chi connectivity index (χ0) is 14.9. The first kappa shape index (κ1) is 19.4. The number of hydrogen-bond acceptors (Lipinski definition) is 2. The van der Waals surface area contributed by atoms with Crippen molar-refractivity contribution in [3.63, 3.8) is 0 Å². The van der Waals surface area contributed by atoms with Crippen LogP contribution in [0.5, 0.6) is 0 Å². The molecule has 0 saturated heterocycles. The van der Waals surface area contributed by atoms with E-state index in [0.717, 1.165) is 19.1 Å². The Morgan fingerprint density at radius 1 is 0.900 bits per heavy atom. The van der Waals surface area contributed by atoms with E-state index in [1.807, 2.05) is 6.08 Å². The maximum absolute atomic E-state index is 10.2. The molecule has 0 N–H and O–H groups in total. The lowest BCUT2D eigenvalue weighted by atomic mass is 10.0. The van der Waals surface area contributed by atoms with Gasteiger partial charge in [-0.05, 0) is 18.9 Å². The first-order valence-electron chi connectivity index (χ1n) is 8.48. The molecule has 0 aromatic heterocycles. The van der Waals surface area contributed by atoms with Gasteiger partial charge in [-0.1, -0.05) is 77.2 Å². The Kier molecular flexibility index (Phi) is 15.9. The van der Waals surface area contributed by atoms with E-state index in [9.17, 15) is 4.79 Å². The Labute approximate surface area is 126 Å². The standard InChI is InChI=1S/C18H34O2/c1-3-4-5-6-7-8-9-10-11-12-15-18(20-2)16-13-14-17-19/h13-14,17-18H,3-12,15-16H2,1-2H3/b14-13+. The highest BCUT2D eigenvalue weighted by Gasteiger charge is 2.04. The van der Waals surface area contributed by atoms with E-state index in [4.69, 9.17) is 4.74 Å². The minimum absolute atomic E-state index is 0.278. The summed E-state index contributed by atoms with van der Waals surface area (Å²) in [6, 6.07) is 0. The molecule has 0 spiro atoms. The van der Waals surface area contributed by atoms with Gasteiger partial charge in [0.15, 0.2) is 0 Å². The highest BCUT2D eigenvalue weighted by atomic mass is 16.5. The van der Waals surface area contributed by atoms with Crippen molar-refractivity contribution in [1.82, 2.24) is 0 Å². The first-order chi connectivity index (χ1) is 9.85. The average molecular weight is 282 g/mol. The second-order valence-electron chi connectivity index (χ2n) is 5.63. The summed E-state index contributed by atoms with van der Waals surface area (Å²) in [5.74, 6) is 0. The topological polar surface area (TPSA) is 26.3 Å². The molecule has 118 valence electrons. The van der Waals surface area contributed by atoms with E-state index in [0.29, 0.717) is 0 Å². The Balaban J connectivity index is 3.28. The predicted molar refractivity (Wildman–Crippen MR) is 87.1 cm³/mol. The van der Waals surface area contributed by atoms with Crippen molar-refractivity contribution in [2.24, 2.45) is 0 Å². The van der Waals surface area contributed by atoms with Gasteiger partial charge >= 0.3 is 0 Å². The summed E-state index contributed by atoms with van der Waals surface area (Å²) in [6.07, 6.45) is 20.2. The summed E-state index contributed by atoms with van der Waals surface area (Å²) >= 11 is 0. The van der Waals surface area contributed by atoms with E-state index in [2.05, 4.69) is 6.92 Å². The molecule has 0 aliphatic carbocycles. The molecule has 0 aliphatic heterocycles. The quantitative estimate of drug-likeness (QED) is 0.226. The molecule has 0 radical (unpaired) electrons. The van der Waals surface area contributed by atoms with Crippen LogP contribution in [0.2, 0.25) is 0 Å². The summed E-state index contributed by atoms with van der Waals surface area (Å²) in [7, 11) is 1.76. The fourth-order valence-electron chi connectivity index (χ4n) is 2.48. The predicted octanol–water partition coefficient (Wildman–Crippen LogP) is 5.46. The van der Waals surface area contributed by atoms with Crippen LogP contribution in [0.1, 0.15) is 84.0 Å². The molecule has 1 atom stereocenters. The third-order valence-electron chi connectivity index (χ3n) is 3.83. The van der Waals surface area contributed by atoms with Gasteiger partial charge in [-0.25, -0.2) is 0 Å². The molecule has 20 heavy (non-hydrogen) atoms. The molecule has 2 heteroatoms. The molecule has 2 nitrogen and oxygen atoms in total. The fraction of sp³-hybridized carbons (Fsp3) is 0.833. The average Bonchev–Trinajstić information content (AvgIpc) is 2.47. The van der Waals surface area contributed by atoms with Crippen LogP contribution in [0, 0.1) is 0 Å². The van der Waals surface area contributed by atoms with Gasteiger partial charge in [0, 0.05) is 7.11 Å². The monoisotopic (exact) mass is 282 g/mol. The van der Waals surface area contributed by atoms with E-state index in [1.165, 1.54) is 64.2 Å². The van der Waals surface area contributed by atoms with Gasteiger partial charge in [-0.15, -0.1) is 0 Å². The number of hydrogen-bond donors (Lipinski definition) is 0. The summed E-state index contributed by atoms with van der Waals surface area (Å²) in [5.41, 5.74) is 0. The molecule has 0 heterocycles. The number of carbonyl (C=O) groups is 1. The minimum atomic E-state index is 0.278. The van der Waals surface area contributed by atoms with Crippen molar-refractivity contribution in [1.29, 1.82) is 0 Å². The van der Waals surface area contributed by atoms with E-state index < -0.39 is 0 Å². The van der Waals surface area contributed by atoms with E-state index in [1.54, 1.807) is 13.2 Å². The van der Waals surface area contributed by atoms with Crippen molar-refractivity contribution < 1.29 is 9.53 Å². The highest BCUT2D eigenvalue weighted by molar-refractivity contribution is 5.64. The second kappa shape index (κ2) is 16.4. The van der Waals surface area contributed by atoms with Gasteiger partial charge in [0.1, 0.15) is 6.29 Å². The molecule has 0 aliphatic rings. The number of allylic oxidation sites excluding steroid dienone is 1. The minimum Gasteiger partial charge on any atom is -0.381 e. The molecule has 0 aromatic rings. The van der Waals surface area contributed by atoms with Crippen LogP contribution in [0.25, 0.3) is 0 Å². The smallest absolute Gasteiger partial charge is 0.142 e. The Hall–Kier alpha value is -0.630. The van der Waals surface area contributed by atoms with Crippen molar-refractivity contribution >= 4 is 6.29 Å². The van der Waals surface area contributed by atoms with Gasteiger partial charge < -0.3 is 4.74 Å². The van der Waals surface area contributed by atoms with Gasteiger partial charge in [0.05, 0.1) is 6.10 Å². The molecule has 0 rings (SSSR count). The molecular weight excluding hydrogens is 248 g/mol. The molecule has 0 aromatic carbocycles. The maximum atomic E-state index is 10.2. The number of methoxy groups -OCH3 is 1. The number of unbranched alkanes of at least 4 members (excludes halogenated alkanes) is 9. The summed E-state index contributed by atoms with van der Waals surface area (Å²) in [6.45, 7) is 2.27. The van der Waals surface area contributed by atoms with Crippen LogP contribution in [0.3, 0.4) is 0 Å². The van der Waals surface area contributed by atoms with E-state index in [-0.39, 0.29) is 6.10 Å². The first-order valence-corrected chi connectivity index (χ1v) is 8.48. The number of rotatable bonds is 15. The Morgan fingerprint density at radius 2 is 1.45 bits per heavy atom. The lowest BCUT2D eigenvalue weighted by Crippen LogP contribution is -2.08. The van der Waals surface area contributed by atoms with E-state index >= 15 is 0 Å². The third-order valence-corrected chi connectivity index (χ3v) is 3.83. The number of carbonyl (C=O) groups excluding carboxylic acids is 1. The van der Waals surface area contributed by atoms with Crippen LogP contribution < -0.4 is 0 Å². The summed E-state index contributed by atoms with van der Waals surface area (Å²) in [5, 5.41) is 0. The number of ether oxygens (including phenoxy) is 1. The normalized spacial score (nSPS) is 12.9. The molecule has 0 fully saturated rings. The summed E-state index contributed by atoms with van der Waals surface area (Å²) in [4.78, 5) is 10.2. The molecule has 0 saturated carbocycles. The largest absolute Gasteiger partial charge is 0.381 e. The van der Waals surface area contributed by atoms with Crippen LogP contribution in [0.4, 0.5) is 0 Å². The Morgan fingerprint density at radius 3 is 1.95 bits per heavy atom. The van der Waals surface area contributed by atoms with Gasteiger partial charge in [0.2, 0.25) is 0 Å². The van der Waals surface area contributed by atoms with Crippen molar-refractivity contribution in [3.8, 4) is 0 Å². The molecular formula is C18H34O2. The van der Waals surface area contributed by atoms with Gasteiger partial charge in [0.25, 0.3) is 0 Å². The zero-order valence-corrected chi connectivity index (χ0v) is 13.6. The maximum Gasteiger partial charge on any atom is 0.142 e. The second-order valence-corrected chi connectivity index (χ2v) is 5.63. The zero-order valence-electron chi connectivity index (χ0n) is 13.6. The van der Waals surface area contributed by atoms with Crippen LogP contribution >= 0.6 is 0 Å². The molecule has 0 bridgehead atoms. The van der Waals surface area contributed by atoms with Crippen LogP contribution in [-0.4, -0.2) is 19.5 Å². The molecule has 1 unspecified atom stereocenters. The van der Waals surface area contributed by atoms with Crippen molar-refractivity contribution in [2.45, 2.75) is 90.1 Å². The SMILES string of the molecule is CCCCCCCCCCCCC(C/C=C/C=O)OC. The van der Waals surface area contributed by atoms with Crippen molar-refractivity contribution in [3.05, 3.63) is 12.2 Å². The van der Waals surface area contributed by atoms with Crippen LogP contribution in [0.15, 0.2) is 12.2 Å². The fourth-order valence-corrected chi connectivity index (χ4v) is 2.48. The lowest BCUT2D eigenvalue weighted by Gasteiger charge is -2.12. The number of aldehydes is 1. The highest BCUT2D eigenvalue weighted by Crippen LogP contribution is 2.14. The van der Waals surface area contributed by atoms with Crippen LogP contribution in [-0.2, 0) is 9.53 Å². The lowest BCUT2D eigenvalue weighted by molar-refractivity contribution is -0.104. The van der Waals surface area contributed by atoms with Crippen molar-refractivity contribution in [2.75, 3.05) is 7.11 Å². The van der Waals surface area contributed by atoms with Gasteiger partial charge in [-0.2, -0.15) is 0 Å². The Bertz CT molecular complexity index is 223. The summed E-state index contributed by atoms with van der Waals surface area (Å²) < 4.78 is 5.41. The molecule has 0 amide bonds.